The first-order valence-corrected chi connectivity index (χ1v) is 13.5. The van der Waals surface area contributed by atoms with Gasteiger partial charge in [-0.05, 0) is 31.6 Å². The number of imide groups is 2. The van der Waals surface area contributed by atoms with E-state index in [2.05, 4.69) is 13.2 Å². The Bertz CT molecular complexity index is 1030. The van der Waals surface area contributed by atoms with Gasteiger partial charge in [0, 0.05) is 0 Å². The van der Waals surface area contributed by atoms with Crippen LogP contribution in [0, 0.1) is 11.8 Å². The quantitative estimate of drug-likeness (QED) is 0.266. The van der Waals surface area contributed by atoms with E-state index in [0.29, 0.717) is 10.8 Å². The second kappa shape index (κ2) is 11.7. The molecular weight excluding hydrogens is 494 g/mol. The van der Waals surface area contributed by atoms with E-state index < -0.39 is 46.2 Å². The Morgan fingerprint density at radius 1 is 1.17 bits per heavy atom. The van der Waals surface area contributed by atoms with Gasteiger partial charge >= 0.3 is 18.3 Å². The number of nitrogens with zero attached hydrogens (tertiary/aromatic N) is 3. The highest BCUT2D eigenvalue weighted by Crippen LogP contribution is 2.42. The number of hydrogen-bond acceptors (Lipinski definition) is 9. The Morgan fingerprint density at radius 3 is 2.33 bits per heavy atom. The molecular formula is C23H31N3O9S. The lowest BCUT2D eigenvalue weighted by Gasteiger charge is -2.43. The van der Waals surface area contributed by atoms with Crippen molar-refractivity contribution in [2.24, 2.45) is 11.8 Å². The molecule has 3 aliphatic rings. The molecule has 0 N–H and O–H groups in total. The minimum Gasteiger partial charge on any atom is -0.447 e. The Hall–Kier alpha value is -3.19. The molecule has 2 fully saturated rings. The van der Waals surface area contributed by atoms with Crippen molar-refractivity contribution in [1.29, 1.82) is 0 Å². The van der Waals surface area contributed by atoms with Crippen molar-refractivity contribution in [3.05, 3.63) is 37.0 Å². The summed E-state index contributed by atoms with van der Waals surface area (Å²) in [6, 6.07) is -1.29. The second-order valence-corrected chi connectivity index (χ2v) is 10.5. The highest BCUT2D eigenvalue weighted by Gasteiger charge is 2.50. The SMILES string of the molecule is C=CCOC(=O)N(C(=O)OCC=C)N([C@H]1C=C2CCCC[C@H]2C[C@@H]1C(=O)N1CCOC1=O)S(C)(=O)=O. The monoisotopic (exact) mass is 525 g/mol. The molecule has 1 saturated carbocycles. The van der Waals surface area contributed by atoms with Crippen LogP contribution in [-0.4, -0.2) is 85.6 Å². The van der Waals surface area contributed by atoms with Gasteiger partial charge in [-0.1, -0.05) is 47.8 Å². The fourth-order valence-corrected chi connectivity index (χ4v) is 5.84. The molecule has 198 valence electrons. The summed E-state index contributed by atoms with van der Waals surface area (Å²) in [5.74, 6) is -1.70. The van der Waals surface area contributed by atoms with Gasteiger partial charge in [0.25, 0.3) is 0 Å². The molecule has 13 heteroatoms. The lowest BCUT2D eigenvalue weighted by atomic mass is 9.71. The predicted octanol–water partition coefficient (Wildman–Crippen LogP) is 2.59. The van der Waals surface area contributed by atoms with Crippen LogP contribution in [0.4, 0.5) is 14.4 Å². The largest absolute Gasteiger partial charge is 0.447 e. The highest BCUT2D eigenvalue weighted by molar-refractivity contribution is 7.88. The number of hydrazine groups is 1. The van der Waals surface area contributed by atoms with E-state index in [9.17, 15) is 27.6 Å². The second-order valence-electron chi connectivity index (χ2n) is 8.70. The molecule has 0 unspecified atom stereocenters. The zero-order valence-corrected chi connectivity index (χ0v) is 21.0. The molecule has 2 aliphatic carbocycles. The first kappa shape index (κ1) is 27.4. The lowest BCUT2D eigenvalue weighted by Crippen LogP contribution is -2.61. The van der Waals surface area contributed by atoms with E-state index in [1.54, 1.807) is 6.08 Å². The third-order valence-corrected chi connectivity index (χ3v) is 7.35. The molecule has 4 amide bonds. The van der Waals surface area contributed by atoms with Gasteiger partial charge in [0.2, 0.25) is 15.9 Å². The molecule has 1 saturated heterocycles. The highest BCUT2D eigenvalue weighted by atomic mass is 32.2. The Balaban J connectivity index is 2.11. The number of hydrogen-bond donors (Lipinski definition) is 0. The summed E-state index contributed by atoms with van der Waals surface area (Å²) in [7, 11) is -4.37. The van der Waals surface area contributed by atoms with Crippen molar-refractivity contribution in [2.75, 3.05) is 32.6 Å². The van der Waals surface area contributed by atoms with Crippen LogP contribution in [0.15, 0.2) is 37.0 Å². The average Bonchev–Trinajstić information content (AvgIpc) is 3.28. The van der Waals surface area contributed by atoms with E-state index in [1.807, 2.05) is 0 Å². The maximum Gasteiger partial charge on any atom is 0.435 e. The van der Waals surface area contributed by atoms with Crippen LogP contribution in [-0.2, 0) is 29.0 Å². The van der Waals surface area contributed by atoms with Crippen LogP contribution in [0.25, 0.3) is 0 Å². The summed E-state index contributed by atoms with van der Waals surface area (Å²) in [6.45, 7) is 6.31. The molecule has 0 aromatic rings. The summed E-state index contributed by atoms with van der Waals surface area (Å²) in [5.41, 5.74) is 0.937. The maximum absolute atomic E-state index is 13.5. The number of fused-ring (bicyclic) bond motifs is 1. The number of cyclic esters (lactones) is 1. The molecule has 1 heterocycles. The van der Waals surface area contributed by atoms with Crippen molar-refractivity contribution in [3.8, 4) is 0 Å². The number of amides is 4. The minimum atomic E-state index is -4.37. The number of ether oxygens (including phenoxy) is 3. The first-order valence-electron chi connectivity index (χ1n) is 11.6. The third-order valence-electron chi connectivity index (χ3n) is 6.26. The first-order chi connectivity index (χ1) is 17.1. The van der Waals surface area contributed by atoms with Gasteiger partial charge in [-0.2, -0.15) is 0 Å². The van der Waals surface area contributed by atoms with Crippen molar-refractivity contribution >= 4 is 34.2 Å². The fourth-order valence-electron chi connectivity index (χ4n) is 4.76. The molecule has 0 aromatic carbocycles. The molecule has 12 nitrogen and oxygen atoms in total. The maximum atomic E-state index is 13.5. The van der Waals surface area contributed by atoms with Crippen LogP contribution >= 0.6 is 0 Å². The van der Waals surface area contributed by atoms with Crippen molar-refractivity contribution in [2.45, 2.75) is 38.1 Å². The van der Waals surface area contributed by atoms with E-state index in [-0.39, 0.29) is 43.7 Å². The molecule has 1 aliphatic heterocycles. The van der Waals surface area contributed by atoms with Crippen LogP contribution in [0.5, 0.6) is 0 Å². The topological polar surface area (TPSA) is 140 Å². The van der Waals surface area contributed by atoms with E-state index in [0.717, 1.165) is 36.0 Å². The fraction of sp³-hybridized carbons (Fsp3) is 0.565. The number of allylic oxidation sites excluding steroid dienone is 1. The molecule has 36 heavy (non-hydrogen) atoms. The number of rotatable bonds is 8. The Kier molecular flexibility index (Phi) is 8.90. The average molecular weight is 526 g/mol. The van der Waals surface area contributed by atoms with Crippen LogP contribution in [0.2, 0.25) is 0 Å². The van der Waals surface area contributed by atoms with Gasteiger partial charge in [-0.15, -0.1) is 5.01 Å². The van der Waals surface area contributed by atoms with Crippen molar-refractivity contribution < 1.29 is 41.8 Å². The van der Waals surface area contributed by atoms with Crippen LogP contribution in [0.1, 0.15) is 32.1 Å². The summed E-state index contributed by atoms with van der Waals surface area (Å²) in [5, 5.41) is 0.232. The van der Waals surface area contributed by atoms with Crippen molar-refractivity contribution in [1.82, 2.24) is 14.3 Å². The molecule has 3 atom stereocenters. The molecule has 0 aromatic heterocycles. The van der Waals surface area contributed by atoms with Gasteiger partial charge in [0.05, 0.1) is 24.8 Å². The molecule has 3 rings (SSSR count). The van der Waals surface area contributed by atoms with E-state index in [4.69, 9.17) is 14.2 Å². The predicted molar refractivity (Wildman–Crippen MR) is 127 cm³/mol. The van der Waals surface area contributed by atoms with Gasteiger partial charge in [0.1, 0.15) is 19.8 Å². The summed E-state index contributed by atoms with van der Waals surface area (Å²) >= 11 is 0. The normalized spacial score (nSPS) is 23.7. The standard InChI is InChI=1S/C23H31N3O9S/c1-4-11-33-22(29)25(23(30)34-12-5-2)26(36(3,31)32)19-15-17-9-7-6-8-16(17)14-18(19)20(27)24-10-13-35-21(24)28/h4-5,15-16,18-19H,1-2,6-14H2,3H3/t16-,18-,19-/m0/s1. The van der Waals surface area contributed by atoms with Crippen molar-refractivity contribution in [3.63, 3.8) is 0 Å². The summed E-state index contributed by atoms with van der Waals surface area (Å²) < 4.78 is 41.6. The van der Waals surface area contributed by atoms with E-state index >= 15 is 0 Å². The summed E-state index contributed by atoms with van der Waals surface area (Å²) in [6.07, 6.45) is 5.00. The Morgan fingerprint density at radius 2 is 1.81 bits per heavy atom. The minimum absolute atomic E-state index is 0.0119. The van der Waals surface area contributed by atoms with Crippen LogP contribution < -0.4 is 0 Å². The number of carbonyl (C=O) groups excluding carboxylic acids is 4. The number of sulfonamides is 1. The lowest BCUT2D eigenvalue weighted by molar-refractivity contribution is -0.135. The smallest absolute Gasteiger partial charge is 0.435 e. The Labute approximate surface area is 210 Å². The zero-order valence-electron chi connectivity index (χ0n) is 20.2. The van der Waals surface area contributed by atoms with Gasteiger partial charge in [0.15, 0.2) is 0 Å². The van der Waals surface area contributed by atoms with E-state index in [1.165, 1.54) is 12.2 Å². The molecule has 0 spiro atoms. The van der Waals surface area contributed by atoms with Gasteiger partial charge in [-0.25, -0.2) is 27.7 Å². The van der Waals surface area contributed by atoms with Gasteiger partial charge in [-0.3, -0.25) is 4.79 Å². The third kappa shape index (κ3) is 5.95. The molecule has 0 radical (unpaired) electrons. The zero-order chi connectivity index (χ0) is 26.5. The summed E-state index contributed by atoms with van der Waals surface area (Å²) in [4.78, 5) is 52.5. The number of carbonyl (C=O) groups is 4. The molecule has 0 bridgehead atoms. The van der Waals surface area contributed by atoms with Crippen LogP contribution in [0.3, 0.4) is 0 Å². The van der Waals surface area contributed by atoms with Gasteiger partial charge < -0.3 is 14.2 Å².